The highest BCUT2D eigenvalue weighted by molar-refractivity contribution is 5.83. The molecule has 3 atom stereocenters. The van der Waals surface area contributed by atoms with Crippen LogP contribution in [0.3, 0.4) is 0 Å². The number of carboxylic acid groups (broad SMARTS) is 1. The van der Waals surface area contributed by atoms with Crippen LogP contribution in [0.5, 0.6) is 0 Å². The minimum absolute atomic E-state index is 0.0182. The van der Waals surface area contributed by atoms with Gasteiger partial charge in [-0.05, 0) is 13.3 Å². The molecule has 3 N–H and O–H groups in total. The molecule has 2 amide bonds. The fourth-order valence-electron chi connectivity index (χ4n) is 2.15. The smallest absolute Gasteiger partial charge is 0.326 e. The molecule has 0 bridgehead atoms. The number of hydrogen-bond donors (Lipinski definition) is 3. The van der Waals surface area contributed by atoms with Gasteiger partial charge in [0, 0.05) is 19.0 Å². The number of aliphatic carboxylic acids is 1. The van der Waals surface area contributed by atoms with E-state index in [1.165, 1.54) is 4.90 Å². The van der Waals surface area contributed by atoms with Crippen molar-refractivity contribution in [3.8, 4) is 0 Å². The minimum Gasteiger partial charge on any atom is -0.480 e. The third-order valence-electron chi connectivity index (χ3n) is 3.19. The molecule has 6 nitrogen and oxygen atoms in total. The third kappa shape index (κ3) is 3.87. The van der Waals surface area contributed by atoms with Gasteiger partial charge in [0.2, 0.25) is 0 Å². The molecule has 0 aromatic heterocycles. The lowest BCUT2D eigenvalue weighted by atomic mass is 10.1. The second-order valence-electron chi connectivity index (χ2n) is 4.89. The number of amides is 2. The van der Waals surface area contributed by atoms with E-state index in [1.54, 1.807) is 0 Å². The standard InChI is InChI=1S/C12H22N2O4/c1-3-4-5-8(2)13-12(18)14-7-9(15)6-10(14)11(16)17/h8-10,15H,3-7H2,1-2H3,(H,13,18)(H,16,17)/t8?,9-,10-/m0/s1. The molecule has 0 radical (unpaired) electrons. The molecule has 1 unspecified atom stereocenters. The molecule has 0 spiro atoms. The van der Waals surface area contributed by atoms with Crippen molar-refractivity contribution in [3.63, 3.8) is 0 Å². The lowest BCUT2D eigenvalue weighted by Crippen LogP contribution is -2.48. The fourth-order valence-corrected chi connectivity index (χ4v) is 2.15. The van der Waals surface area contributed by atoms with E-state index in [-0.39, 0.29) is 19.0 Å². The van der Waals surface area contributed by atoms with Gasteiger partial charge in [-0.25, -0.2) is 9.59 Å². The van der Waals surface area contributed by atoms with Gasteiger partial charge in [-0.2, -0.15) is 0 Å². The van der Waals surface area contributed by atoms with Gasteiger partial charge in [0.05, 0.1) is 6.10 Å². The van der Waals surface area contributed by atoms with Crippen molar-refractivity contribution in [1.82, 2.24) is 10.2 Å². The molecule has 1 aliphatic heterocycles. The normalized spacial score (nSPS) is 24.9. The maximum Gasteiger partial charge on any atom is 0.326 e. The van der Waals surface area contributed by atoms with Crippen molar-refractivity contribution in [3.05, 3.63) is 0 Å². The first-order chi connectivity index (χ1) is 8.45. The predicted molar refractivity (Wildman–Crippen MR) is 66.3 cm³/mol. The van der Waals surface area contributed by atoms with Crippen LogP contribution < -0.4 is 5.32 Å². The Balaban J connectivity index is 2.52. The van der Waals surface area contributed by atoms with Crippen molar-refractivity contribution in [2.75, 3.05) is 6.54 Å². The summed E-state index contributed by atoms with van der Waals surface area (Å²) in [5.41, 5.74) is 0. The number of carbonyl (C=O) groups is 2. The number of nitrogens with one attached hydrogen (secondary N) is 1. The number of carbonyl (C=O) groups excluding carboxylic acids is 1. The average molecular weight is 258 g/mol. The predicted octanol–water partition coefficient (Wildman–Crippen LogP) is 0.794. The maximum absolute atomic E-state index is 11.9. The summed E-state index contributed by atoms with van der Waals surface area (Å²) in [5, 5.41) is 21.2. The zero-order valence-corrected chi connectivity index (χ0v) is 10.9. The van der Waals surface area contributed by atoms with Crippen molar-refractivity contribution >= 4 is 12.0 Å². The van der Waals surface area contributed by atoms with E-state index in [4.69, 9.17) is 5.11 Å². The molecule has 1 saturated heterocycles. The van der Waals surface area contributed by atoms with Crippen LogP contribution in [-0.2, 0) is 4.79 Å². The van der Waals surface area contributed by atoms with Gasteiger partial charge in [-0.15, -0.1) is 0 Å². The molecule has 0 aromatic rings. The summed E-state index contributed by atoms with van der Waals surface area (Å²) >= 11 is 0. The van der Waals surface area contributed by atoms with Gasteiger partial charge >= 0.3 is 12.0 Å². The largest absolute Gasteiger partial charge is 0.480 e. The zero-order valence-electron chi connectivity index (χ0n) is 10.9. The highest BCUT2D eigenvalue weighted by Crippen LogP contribution is 2.18. The first-order valence-electron chi connectivity index (χ1n) is 6.43. The fraction of sp³-hybridized carbons (Fsp3) is 0.833. The number of β-amino-alcohol motifs (C(OH)–C–C–N with tert-alkyl or cyclic N) is 1. The van der Waals surface area contributed by atoms with Crippen LogP contribution in [0.2, 0.25) is 0 Å². The lowest BCUT2D eigenvalue weighted by Gasteiger charge is -2.24. The number of hydrogen-bond acceptors (Lipinski definition) is 3. The van der Waals surface area contributed by atoms with E-state index in [0.717, 1.165) is 19.3 Å². The minimum atomic E-state index is -1.07. The second-order valence-corrected chi connectivity index (χ2v) is 4.89. The molecule has 0 aromatic carbocycles. The van der Waals surface area contributed by atoms with E-state index >= 15 is 0 Å². The summed E-state index contributed by atoms with van der Waals surface area (Å²) in [6.45, 7) is 4.06. The van der Waals surface area contributed by atoms with E-state index in [0.29, 0.717) is 0 Å². The van der Waals surface area contributed by atoms with Crippen molar-refractivity contribution < 1.29 is 19.8 Å². The Morgan fingerprint density at radius 1 is 1.50 bits per heavy atom. The molecule has 0 saturated carbocycles. The number of aliphatic hydroxyl groups excluding tert-OH is 1. The Morgan fingerprint density at radius 3 is 2.72 bits per heavy atom. The highest BCUT2D eigenvalue weighted by Gasteiger charge is 2.39. The quantitative estimate of drug-likeness (QED) is 0.680. The SMILES string of the molecule is CCCCC(C)NC(=O)N1C[C@@H](O)C[C@H]1C(=O)O. The Kier molecular flexibility index (Phi) is 5.40. The number of unbranched alkanes of at least 4 members (excludes halogenated alkanes) is 1. The van der Waals surface area contributed by atoms with Gasteiger partial charge in [-0.1, -0.05) is 19.8 Å². The number of urea groups is 1. The first-order valence-corrected chi connectivity index (χ1v) is 6.43. The molecule has 6 heteroatoms. The highest BCUT2D eigenvalue weighted by atomic mass is 16.4. The molecule has 1 aliphatic rings. The van der Waals surface area contributed by atoms with Crippen molar-refractivity contribution in [2.45, 2.75) is 57.7 Å². The van der Waals surface area contributed by atoms with E-state index in [9.17, 15) is 14.7 Å². The Bertz CT molecular complexity index is 308. The molecule has 104 valence electrons. The monoisotopic (exact) mass is 258 g/mol. The summed E-state index contributed by atoms with van der Waals surface area (Å²) in [7, 11) is 0. The number of rotatable bonds is 5. The molecule has 1 fully saturated rings. The summed E-state index contributed by atoms with van der Waals surface area (Å²) in [6.07, 6.45) is 2.30. The van der Waals surface area contributed by atoms with Crippen LogP contribution in [0.25, 0.3) is 0 Å². The topological polar surface area (TPSA) is 89.9 Å². The molecule has 0 aliphatic carbocycles. The second kappa shape index (κ2) is 6.58. The van der Waals surface area contributed by atoms with Gasteiger partial charge < -0.3 is 20.4 Å². The van der Waals surface area contributed by atoms with E-state index in [1.807, 2.05) is 6.92 Å². The Morgan fingerprint density at radius 2 is 2.17 bits per heavy atom. The van der Waals surface area contributed by atoms with E-state index < -0.39 is 24.1 Å². The molecular weight excluding hydrogens is 236 g/mol. The molecule has 18 heavy (non-hydrogen) atoms. The summed E-state index contributed by atoms with van der Waals surface area (Å²) in [4.78, 5) is 24.1. The molecule has 1 heterocycles. The summed E-state index contributed by atoms with van der Waals surface area (Å²) < 4.78 is 0. The third-order valence-corrected chi connectivity index (χ3v) is 3.19. The average Bonchev–Trinajstić information content (AvgIpc) is 2.69. The Labute approximate surface area is 107 Å². The van der Waals surface area contributed by atoms with Crippen LogP contribution >= 0.6 is 0 Å². The van der Waals surface area contributed by atoms with Crippen LogP contribution in [-0.4, -0.2) is 51.8 Å². The van der Waals surface area contributed by atoms with Crippen LogP contribution in [0.1, 0.15) is 39.5 Å². The molecular formula is C12H22N2O4. The molecule has 1 rings (SSSR count). The van der Waals surface area contributed by atoms with Gasteiger partial charge in [0.25, 0.3) is 0 Å². The van der Waals surface area contributed by atoms with Crippen LogP contribution in [0, 0.1) is 0 Å². The number of likely N-dealkylation sites (tertiary alicyclic amines) is 1. The van der Waals surface area contributed by atoms with Crippen molar-refractivity contribution in [1.29, 1.82) is 0 Å². The van der Waals surface area contributed by atoms with Gasteiger partial charge in [0.15, 0.2) is 0 Å². The maximum atomic E-state index is 11.9. The van der Waals surface area contributed by atoms with E-state index in [2.05, 4.69) is 12.2 Å². The number of nitrogens with zero attached hydrogens (tertiary/aromatic N) is 1. The van der Waals surface area contributed by atoms with Gasteiger partial charge in [0.1, 0.15) is 6.04 Å². The van der Waals surface area contributed by atoms with Crippen LogP contribution in [0.4, 0.5) is 4.79 Å². The van der Waals surface area contributed by atoms with Gasteiger partial charge in [-0.3, -0.25) is 0 Å². The zero-order chi connectivity index (χ0) is 13.7. The summed E-state index contributed by atoms with van der Waals surface area (Å²) in [5.74, 6) is -1.07. The lowest BCUT2D eigenvalue weighted by molar-refractivity contribution is -0.141. The summed E-state index contributed by atoms with van der Waals surface area (Å²) in [6, 6.07) is -1.30. The first kappa shape index (κ1) is 14.8. The van der Waals surface area contributed by atoms with Crippen molar-refractivity contribution in [2.24, 2.45) is 0 Å². The Hall–Kier alpha value is -1.30. The number of carboxylic acids is 1. The van der Waals surface area contributed by atoms with Crippen LogP contribution in [0.15, 0.2) is 0 Å². The number of aliphatic hydroxyl groups is 1.